The first-order valence-electron chi connectivity index (χ1n) is 15.5. The van der Waals surface area contributed by atoms with Crippen LogP contribution in [0.25, 0.3) is 0 Å². The third-order valence-electron chi connectivity index (χ3n) is 7.77. The van der Waals surface area contributed by atoms with E-state index in [4.69, 9.17) is 23.2 Å². The van der Waals surface area contributed by atoms with Gasteiger partial charge < -0.3 is 10.2 Å². The molecule has 0 radical (unpaired) electrons. The number of anilines is 1. The van der Waals surface area contributed by atoms with Crippen LogP contribution < -0.4 is 9.62 Å². The fraction of sp³-hybridized carbons (Fsp3) is 0.297. The normalized spacial score (nSPS) is 12.2. The number of carbonyl (C=O) groups excluding carboxylic acids is 2. The molecule has 0 aromatic heterocycles. The van der Waals surface area contributed by atoms with Crippen molar-refractivity contribution in [3.63, 3.8) is 0 Å². The highest BCUT2D eigenvalue weighted by Crippen LogP contribution is 2.28. The zero-order chi connectivity index (χ0) is 34.3. The van der Waals surface area contributed by atoms with Gasteiger partial charge in [0, 0.05) is 19.0 Å². The van der Waals surface area contributed by atoms with Crippen molar-refractivity contribution in [2.45, 2.75) is 70.5 Å². The second-order valence-corrected chi connectivity index (χ2v) is 14.9. The summed E-state index contributed by atoms with van der Waals surface area (Å²) in [7, 11) is -4.19. The fourth-order valence-corrected chi connectivity index (χ4v) is 6.90. The molecule has 0 saturated carbocycles. The SMILES string of the molecule is Cc1ccc(S(=O)(=O)N(CC(=O)N(Cc2ccc(Cl)c(Cl)c2)[C@@H](Cc2ccccc2)C(=O)NC(C)C)c2ccc(C(C)C)cc2)cc1. The van der Waals surface area contributed by atoms with Crippen molar-refractivity contribution in [2.24, 2.45) is 0 Å². The number of hydrogen-bond acceptors (Lipinski definition) is 4. The molecule has 7 nitrogen and oxygen atoms in total. The minimum atomic E-state index is -4.19. The Kier molecular flexibility index (Phi) is 12.1. The molecule has 0 aliphatic carbocycles. The zero-order valence-electron chi connectivity index (χ0n) is 27.3. The second-order valence-electron chi connectivity index (χ2n) is 12.2. The van der Waals surface area contributed by atoms with E-state index < -0.39 is 28.5 Å². The summed E-state index contributed by atoms with van der Waals surface area (Å²) >= 11 is 12.5. The minimum absolute atomic E-state index is 0.0105. The number of amides is 2. The molecule has 4 rings (SSSR count). The molecule has 4 aromatic rings. The molecule has 0 fully saturated rings. The Morgan fingerprint density at radius 2 is 1.43 bits per heavy atom. The first-order valence-corrected chi connectivity index (χ1v) is 17.7. The molecule has 0 bridgehead atoms. The molecule has 0 heterocycles. The lowest BCUT2D eigenvalue weighted by Gasteiger charge is -2.34. The molecule has 248 valence electrons. The molecular weight excluding hydrogens is 653 g/mol. The van der Waals surface area contributed by atoms with Gasteiger partial charge in [-0.2, -0.15) is 0 Å². The summed E-state index contributed by atoms with van der Waals surface area (Å²) in [4.78, 5) is 29.9. The Morgan fingerprint density at radius 1 is 0.787 bits per heavy atom. The third-order valence-corrected chi connectivity index (χ3v) is 10.3. The summed E-state index contributed by atoms with van der Waals surface area (Å²) in [5.74, 6) is -0.682. The van der Waals surface area contributed by atoms with E-state index in [0.29, 0.717) is 21.3 Å². The fourth-order valence-electron chi connectivity index (χ4n) is 5.16. The maximum atomic E-state index is 14.6. The van der Waals surface area contributed by atoms with Crippen LogP contribution >= 0.6 is 23.2 Å². The summed E-state index contributed by atoms with van der Waals surface area (Å²) in [6.07, 6.45) is 0.209. The zero-order valence-corrected chi connectivity index (χ0v) is 29.6. The lowest BCUT2D eigenvalue weighted by molar-refractivity contribution is -0.140. The summed E-state index contributed by atoms with van der Waals surface area (Å²) in [6.45, 7) is 9.11. The van der Waals surface area contributed by atoms with Gasteiger partial charge in [0.1, 0.15) is 12.6 Å². The van der Waals surface area contributed by atoms with Gasteiger partial charge in [0.25, 0.3) is 10.0 Å². The van der Waals surface area contributed by atoms with Crippen LogP contribution in [-0.4, -0.2) is 43.8 Å². The summed E-state index contributed by atoms with van der Waals surface area (Å²) in [6, 6.07) is 26.9. The average Bonchev–Trinajstić information content (AvgIpc) is 3.03. The van der Waals surface area contributed by atoms with E-state index in [-0.39, 0.29) is 35.7 Å². The smallest absolute Gasteiger partial charge is 0.264 e. The van der Waals surface area contributed by atoms with Crippen LogP contribution in [0, 0.1) is 6.92 Å². The quantitative estimate of drug-likeness (QED) is 0.155. The first kappa shape index (κ1) is 36.0. The number of nitrogens with zero attached hydrogens (tertiary/aromatic N) is 2. The molecule has 0 aliphatic heterocycles. The van der Waals surface area contributed by atoms with E-state index >= 15 is 0 Å². The summed E-state index contributed by atoms with van der Waals surface area (Å²) in [5.41, 5.74) is 3.75. The molecule has 0 saturated heterocycles. The van der Waals surface area contributed by atoms with E-state index in [2.05, 4.69) is 19.2 Å². The van der Waals surface area contributed by atoms with Gasteiger partial charge in [-0.05, 0) is 79.8 Å². The van der Waals surface area contributed by atoms with Gasteiger partial charge in [-0.25, -0.2) is 8.42 Å². The molecule has 1 N–H and O–H groups in total. The molecule has 0 spiro atoms. The van der Waals surface area contributed by atoms with E-state index in [1.54, 1.807) is 42.5 Å². The third kappa shape index (κ3) is 9.37. The van der Waals surface area contributed by atoms with Crippen LogP contribution in [0.4, 0.5) is 5.69 Å². The van der Waals surface area contributed by atoms with E-state index in [0.717, 1.165) is 21.0 Å². The number of benzene rings is 4. The molecule has 0 aliphatic rings. The van der Waals surface area contributed by atoms with Crippen molar-refractivity contribution in [3.8, 4) is 0 Å². The van der Waals surface area contributed by atoms with Crippen molar-refractivity contribution in [3.05, 3.63) is 129 Å². The Balaban J connectivity index is 1.83. The van der Waals surface area contributed by atoms with Crippen LogP contribution in [0.5, 0.6) is 0 Å². The summed E-state index contributed by atoms with van der Waals surface area (Å²) in [5, 5.41) is 3.61. The summed E-state index contributed by atoms with van der Waals surface area (Å²) < 4.78 is 29.6. The number of rotatable bonds is 13. The van der Waals surface area contributed by atoms with Gasteiger partial charge in [0.2, 0.25) is 11.8 Å². The lowest BCUT2D eigenvalue weighted by Crippen LogP contribution is -2.54. The molecular formula is C37H41Cl2N3O4S. The number of hydrogen-bond donors (Lipinski definition) is 1. The number of sulfonamides is 1. The largest absolute Gasteiger partial charge is 0.352 e. The van der Waals surface area contributed by atoms with Crippen LogP contribution in [0.1, 0.15) is 55.9 Å². The first-order chi connectivity index (χ1) is 22.3. The van der Waals surface area contributed by atoms with Crippen LogP contribution in [-0.2, 0) is 32.6 Å². The van der Waals surface area contributed by atoms with Crippen LogP contribution in [0.15, 0.2) is 102 Å². The topological polar surface area (TPSA) is 86.8 Å². The average molecular weight is 695 g/mol. The van der Waals surface area contributed by atoms with Crippen molar-refractivity contribution in [1.82, 2.24) is 10.2 Å². The van der Waals surface area contributed by atoms with E-state index in [9.17, 15) is 18.0 Å². The van der Waals surface area contributed by atoms with Crippen molar-refractivity contribution >= 4 is 50.7 Å². The number of halogens is 2. The standard InChI is InChI=1S/C37H41Cl2N3O4S/c1-25(2)30-14-16-31(17-15-30)42(47(45,46)32-18-11-27(5)12-19-32)24-36(43)41(23-29-13-20-33(38)34(39)21-29)35(37(44)40-26(3)4)22-28-9-7-6-8-10-28/h6-21,25-26,35H,22-24H2,1-5H3,(H,40,44)/t35-/m0/s1. The molecule has 47 heavy (non-hydrogen) atoms. The van der Waals surface area contributed by atoms with Crippen molar-refractivity contribution in [1.29, 1.82) is 0 Å². The van der Waals surface area contributed by atoms with Gasteiger partial charge in [-0.15, -0.1) is 0 Å². The van der Waals surface area contributed by atoms with E-state index in [1.807, 2.05) is 63.2 Å². The second kappa shape index (κ2) is 15.8. The Labute approximate surface area is 288 Å². The minimum Gasteiger partial charge on any atom is -0.352 e. The van der Waals surface area contributed by atoms with Gasteiger partial charge in [0.05, 0.1) is 20.6 Å². The monoisotopic (exact) mass is 693 g/mol. The van der Waals surface area contributed by atoms with Gasteiger partial charge >= 0.3 is 0 Å². The number of nitrogens with one attached hydrogen (secondary N) is 1. The number of carbonyl (C=O) groups is 2. The van der Waals surface area contributed by atoms with E-state index in [1.165, 1.54) is 17.0 Å². The predicted octanol–water partition coefficient (Wildman–Crippen LogP) is 7.79. The highest BCUT2D eigenvalue weighted by atomic mass is 35.5. The van der Waals surface area contributed by atoms with Gasteiger partial charge in [-0.3, -0.25) is 13.9 Å². The molecule has 2 amide bonds. The highest BCUT2D eigenvalue weighted by molar-refractivity contribution is 7.92. The van der Waals surface area contributed by atoms with Gasteiger partial charge in [0.15, 0.2) is 0 Å². The van der Waals surface area contributed by atoms with Gasteiger partial charge in [-0.1, -0.05) is 103 Å². The van der Waals surface area contributed by atoms with Crippen LogP contribution in [0.2, 0.25) is 10.0 Å². The molecule has 1 atom stereocenters. The van der Waals surface area contributed by atoms with Crippen molar-refractivity contribution < 1.29 is 18.0 Å². The predicted molar refractivity (Wildman–Crippen MR) is 190 cm³/mol. The number of aryl methyl sites for hydroxylation is 1. The maximum absolute atomic E-state index is 14.6. The lowest BCUT2D eigenvalue weighted by atomic mass is 10.0. The molecule has 10 heteroatoms. The Bertz CT molecular complexity index is 1780. The van der Waals surface area contributed by atoms with Crippen LogP contribution in [0.3, 0.4) is 0 Å². The molecule has 0 unspecified atom stereocenters. The Hall–Kier alpha value is -3.85. The van der Waals surface area contributed by atoms with Crippen molar-refractivity contribution in [2.75, 3.05) is 10.8 Å². The molecule has 4 aromatic carbocycles. The maximum Gasteiger partial charge on any atom is 0.264 e. The highest BCUT2D eigenvalue weighted by Gasteiger charge is 2.35. The Morgan fingerprint density at radius 3 is 2.00 bits per heavy atom.